The Kier molecular flexibility index (Phi) is 6.05. The molecule has 1 N–H and O–H groups in total. The van der Waals surface area contributed by atoms with Crippen molar-refractivity contribution in [3.63, 3.8) is 0 Å². The number of carbonyl (C=O) groups is 2. The van der Waals surface area contributed by atoms with Gasteiger partial charge in [0.2, 0.25) is 0 Å². The number of nitrogens with zero attached hydrogens (tertiary/aromatic N) is 2. The quantitative estimate of drug-likeness (QED) is 0.334. The van der Waals surface area contributed by atoms with E-state index in [4.69, 9.17) is 0 Å². The van der Waals surface area contributed by atoms with Crippen LogP contribution in [-0.4, -0.2) is 30.9 Å². The van der Waals surface area contributed by atoms with Crippen molar-refractivity contribution in [2.75, 3.05) is 23.9 Å². The number of aliphatic hydroxyl groups is 1. The first kappa shape index (κ1) is 22.3. The average molecular weight is 441 g/mol. The minimum atomic E-state index is -0.721. The predicted octanol–water partition coefficient (Wildman–Crippen LogP) is 5.25. The fourth-order valence-electron chi connectivity index (χ4n) is 4.22. The Hall–Kier alpha value is -3.86. The lowest BCUT2D eigenvalue weighted by Gasteiger charge is -2.26. The number of hydrogen-bond acceptors (Lipinski definition) is 4. The van der Waals surface area contributed by atoms with Crippen LogP contribution in [0.15, 0.2) is 78.4 Å². The van der Waals surface area contributed by atoms with E-state index in [0.29, 0.717) is 11.3 Å². The molecule has 1 atom stereocenters. The molecule has 3 aromatic rings. The van der Waals surface area contributed by atoms with Gasteiger partial charge in [0.25, 0.3) is 11.7 Å². The second-order valence-electron chi connectivity index (χ2n) is 8.54. The summed E-state index contributed by atoms with van der Waals surface area (Å²) in [5.74, 6) is -1.49. The van der Waals surface area contributed by atoms with Crippen molar-refractivity contribution < 1.29 is 14.7 Å². The van der Waals surface area contributed by atoms with Crippen LogP contribution < -0.4 is 9.80 Å². The highest BCUT2D eigenvalue weighted by molar-refractivity contribution is 6.51. The zero-order valence-electron chi connectivity index (χ0n) is 19.4. The van der Waals surface area contributed by atoms with Gasteiger partial charge in [0, 0.05) is 31.0 Å². The highest BCUT2D eigenvalue weighted by Gasteiger charge is 2.47. The molecule has 1 heterocycles. The van der Waals surface area contributed by atoms with Crippen molar-refractivity contribution in [2.45, 2.75) is 26.3 Å². The van der Waals surface area contributed by atoms with Crippen molar-refractivity contribution in [3.8, 4) is 0 Å². The number of amides is 1. The maximum absolute atomic E-state index is 13.3. The third-order valence-corrected chi connectivity index (χ3v) is 6.08. The third kappa shape index (κ3) is 4.14. The zero-order chi connectivity index (χ0) is 23.7. The number of rotatable bonds is 5. The van der Waals surface area contributed by atoms with Crippen LogP contribution in [0.2, 0.25) is 0 Å². The third-order valence-electron chi connectivity index (χ3n) is 6.08. The maximum Gasteiger partial charge on any atom is 0.300 e. The fraction of sp³-hybridized carbons (Fsp3) is 0.214. The summed E-state index contributed by atoms with van der Waals surface area (Å²) < 4.78 is 0. The topological polar surface area (TPSA) is 60.9 Å². The molecule has 1 amide bonds. The first-order chi connectivity index (χ1) is 15.8. The number of anilines is 2. The van der Waals surface area contributed by atoms with Gasteiger partial charge in [-0.2, -0.15) is 0 Å². The fourth-order valence-corrected chi connectivity index (χ4v) is 4.22. The molecule has 0 radical (unpaired) electrons. The van der Waals surface area contributed by atoms with E-state index in [-0.39, 0.29) is 11.3 Å². The molecule has 0 saturated carbocycles. The van der Waals surface area contributed by atoms with Gasteiger partial charge in [-0.15, -0.1) is 0 Å². The first-order valence-electron chi connectivity index (χ1n) is 11.1. The van der Waals surface area contributed by atoms with Crippen LogP contribution in [0.5, 0.6) is 0 Å². The van der Waals surface area contributed by atoms with E-state index in [1.165, 1.54) is 4.90 Å². The highest BCUT2D eigenvalue weighted by Crippen LogP contribution is 2.42. The molecule has 0 aromatic heterocycles. The number of aliphatic hydroxyl groups excluding tert-OH is 1. The predicted molar refractivity (Wildman–Crippen MR) is 133 cm³/mol. The van der Waals surface area contributed by atoms with Crippen molar-refractivity contribution in [3.05, 3.63) is 101 Å². The Morgan fingerprint density at radius 1 is 0.970 bits per heavy atom. The van der Waals surface area contributed by atoms with E-state index >= 15 is 0 Å². The second-order valence-corrected chi connectivity index (χ2v) is 8.54. The van der Waals surface area contributed by atoms with Crippen molar-refractivity contribution in [2.24, 2.45) is 0 Å². The summed E-state index contributed by atoms with van der Waals surface area (Å²) in [7, 11) is 3.88. The molecule has 0 bridgehead atoms. The molecule has 5 nitrogen and oxygen atoms in total. The van der Waals surface area contributed by atoms with Gasteiger partial charge in [0.05, 0.1) is 11.6 Å². The van der Waals surface area contributed by atoms with Crippen molar-refractivity contribution in [1.29, 1.82) is 0 Å². The van der Waals surface area contributed by atoms with Crippen LogP contribution in [0.1, 0.15) is 35.2 Å². The molecule has 168 valence electrons. The van der Waals surface area contributed by atoms with Crippen LogP contribution in [0, 0.1) is 6.92 Å². The Morgan fingerprint density at radius 3 is 2.21 bits per heavy atom. The van der Waals surface area contributed by atoms with E-state index in [1.807, 2.05) is 86.6 Å². The van der Waals surface area contributed by atoms with Crippen LogP contribution in [0.25, 0.3) is 5.76 Å². The van der Waals surface area contributed by atoms with E-state index < -0.39 is 17.7 Å². The average Bonchev–Trinajstić information content (AvgIpc) is 3.09. The summed E-state index contributed by atoms with van der Waals surface area (Å²) in [6, 6.07) is 21.9. The van der Waals surface area contributed by atoms with Gasteiger partial charge in [-0.05, 0) is 48.7 Å². The smallest absolute Gasteiger partial charge is 0.300 e. The van der Waals surface area contributed by atoms with Crippen molar-refractivity contribution >= 4 is 28.8 Å². The lowest BCUT2D eigenvalue weighted by molar-refractivity contribution is -0.132. The standard InChI is InChI=1S/C28H28N2O3/c1-5-19-9-11-20(12-10-19)26(31)24-25(21-8-6-7-18(2)17-21)30(28(33)27(24)32)23-15-13-22(14-16-23)29(3)4/h6-17,25,31H,5H2,1-4H3/b26-24-. The number of carbonyl (C=O) groups excluding carboxylic acids is 2. The van der Waals surface area contributed by atoms with Gasteiger partial charge in [0.15, 0.2) is 0 Å². The molecular formula is C28H28N2O3. The van der Waals surface area contributed by atoms with Gasteiger partial charge in [-0.25, -0.2) is 0 Å². The zero-order valence-corrected chi connectivity index (χ0v) is 19.4. The Labute approximate surface area is 194 Å². The molecule has 3 aromatic carbocycles. The molecular weight excluding hydrogens is 412 g/mol. The monoisotopic (exact) mass is 440 g/mol. The highest BCUT2D eigenvalue weighted by atomic mass is 16.3. The first-order valence-corrected chi connectivity index (χ1v) is 11.1. The summed E-state index contributed by atoms with van der Waals surface area (Å²) in [6.45, 7) is 4.02. The minimum absolute atomic E-state index is 0.103. The number of hydrogen-bond donors (Lipinski definition) is 1. The SMILES string of the molecule is CCc1ccc(/C(O)=C2/C(=O)C(=O)N(c3ccc(N(C)C)cc3)C2c2cccc(C)c2)cc1. The molecule has 1 saturated heterocycles. The van der Waals surface area contributed by atoms with Crippen molar-refractivity contribution in [1.82, 2.24) is 0 Å². The van der Waals surface area contributed by atoms with E-state index in [0.717, 1.165) is 28.8 Å². The molecule has 4 rings (SSSR count). The molecule has 1 unspecified atom stereocenters. The van der Waals surface area contributed by atoms with Gasteiger partial charge >= 0.3 is 0 Å². The Bertz CT molecular complexity index is 1220. The lowest BCUT2D eigenvalue weighted by atomic mass is 9.94. The summed E-state index contributed by atoms with van der Waals surface area (Å²) in [5.41, 5.74) is 5.12. The van der Waals surface area contributed by atoms with Gasteiger partial charge in [-0.3, -0.25) is 14.5 Å². The summed E-state index contributed by atoms with van der Waals surface area (Å²) in [5, 5.41) is 11.2. The van der Waals surface area contributed by atoms with Crippen LogP contribution in [0.4, 0.5) is 11.4 Å². The molecule has 33 heavy (non-hydrogen) atoms. The molecule has 1 aliphatic rings. The summed E-state index contributed by atoms with van der Waals surface area (Å²) >= 11 is 0. The minimum Gasteiger partial charge on any atom is -0.507 e. The van der Waals surface area contributed by atoms with Crippen LogP contribution >= 0.6 is 0 Å². The van der Waals surface area contributed by atoms with Crippen LogP contribution in [0.3, 0.4) is 0 Å². The van der Waals surface area contributed by atoms with E-state index in [2.05, 4.69) is 6.92 Å². The summed E-state index contributed by atoms with van der Waals surface area (Å²) in [4.78, 5) is 30.0. The molecule has 0 aliphatic carbocycles. The number of Topliss-reactive ketones (excluding diaryl/α,β-unsaturated/α-hetero) is 1. The normalized spacial score (nSPS) is 17.5. The van der Waals surface area contributed by atoms with Gasteiger partial charge in [-0.1, -0.05) is 61.0 Å². The Morgan fingerprint density at radius 2 is 1.64 bits per heavy atom. The second kappa shape index (κ2) is 8.94. The number of ketones is 1. The lowest BCUT2D eigenvalue weighted by Crippen LogP contribution is -2.29. The van der Waals surface area contributed by atoms with Crippen LogP contribution in [-0.2, 0) is 16.0 Å². The largest absolute Gasteiger partial charge is 0.507 e. The molecule has 1 aliphatic heterocycles. The van der Waals surface area contributed by atoms with Gasteiger partial charge in [0.1, 0.15) is 5.76 Å². The maximum atomic E-state index is 13.3. The van der Waals surface area contributed by atoms with E-state index in [1.54, 1.807) is 12.1 Å². The molecule has 5 heteroatoms. The molecule has 0 spiro atoms. The van der Waals surface area contributed by atoms with Gasteiger partial charge < -0.3 is 10.0 Å². The van der Waals surface area contributed by atoms with E-state index in [9.17, 15) is 14.7 Å². The number of aryl methyl sites for hydroxylation is 2. The summed E-state index contributed by atoms with van der Waals surface area (Å²) in [6.07, 6.45) is 0.873. The number of benzene rings is 3. The Balaban J connectivity index is 1.89. The molecule has 1 fully saturated rings.